The van der Waals surface area contributed by atoms with Crippen LogP contribution in [-0.4, -0.2) is 36.6 Å². The molecule has 0 bridgehead atoms. The summed E-state index contributed by atoms with van der Waals surface area (Å²) in [6.07, 6.45) is 0.651. The standard InChI is InChI=1S/C21H23N3O3S/c1-14-21(15(2)23-22-14)28(25,26)24-12-11-16-9-10-18(27-3)13-19(16)20(24)17-7-5-4-6-8-17/h4-10,13,20H,11-12H2,1-3H3,(H,22,23). The largest absolute Gasteiger partial charge is 0.497 e. The van der Waals surface area contributed by atoms with Crippen LogP contribution in [0.5, 0.6) is 5.75 Å². The quantitative estimate of drug-likeness (QED) is 0.732. The Hall–Kier alpha value is -2.64. The number of rotatable bonds is 4. The number of nitrogens with one attached hydrogen (secondary N) is 1. The molecule has 1 aromatic heterocycles. The lowest BCUT2D eigenvalue weighted by Crippen LogP contribution is -2.40. The summed E-state index contributed by atoms with van der Waals surface area (Å²) in [7, 11) is -2.12. The van der Waals surface area contributed by atoms with E-state index < -0.39 is 16.1 Å². The van der Waals surface area contributed by atoms with Crippen molar-refractivity contribution in [1.29, 1.82) is 0 Å². The summed E-state index contributed by atoms with van der Waals surface area (Å²) in [5.74, 6) is 0.717. The van der Waals surface area contributed by atoms with E-state index in [-0.39, 0.29) is 4.90 Å². The molecule has 4 rings (SSSR count). The monoisotopic (exact) mass is 397 g/mol. The Morgan fingerprint density at radius 2 is 1.89 bits per heavy atom. The van der Waals surface area contributed by atoms with E-state index >= 15 is 0 Å². The molecule has 0 fully saturated rings. The van der Waals surface area contributed by atoms with Crippen molar-refractivity contribution in [3.05, 3.63) is 76.6 Å². The average Bonchev–Trinajstić information content (AvgIpc) is 3.06. The Kier molecular flexibility index (Phi) is 4.72. The third-order valence-corrected chi connectivity index (χ3v) is 7.41. The number of H-pyrrole nitrogens is 1. The summed E-state index contributed by atoms with van der Waals surface area (Å²) < 4.78 is 34.4. The third kappa shape index (κ3) is 3.00. The predicted molar refractivity (Wildman–Crippen MR) is 107 cm³/mol. The lowest BCUT2D eigenvalue weighted by molar-refractivity contribution is 0.341. The molecule has 0 spiro atoms. The SMILES string of the molecule is COc1ccc2c(c1)C(c1ccccc1)N(S(=O)(=O)c1c(C)n[nH]c1C)CC2. The van der Waals surface area contributed by atoms with Gasteiger partial charge in [-0.05, 0) is 49.1 Å². The molecule has 146 valence electrons. The highest BCUT2D eigenvalue weighted by Crippen LogP contribution is 2.40. The summed E-state index contributed by atoms with van der Waals surface area (Å²) in [6, 6.07) is 15.2. The van der Waals surface area contributed by atoms with E-state index in [2.05, 4.69) is 10.2 Å². The first-order valence-electron chi connectivity index (χ1n) is 9.18. The third-order valence-electron chi connectivity index (χ3n) is 5.28. The summed E-state index contributed by atoms with van der Waals surface area (Å²) in [4.78, 5) is 0.264. The van der Waals surface area contributed by atoms with Gasteiger partial charge in [0.15, 0.2) is 0 Å². The highest BCUT2D eigenvalue weighted by molar-refractivity contribution is 7.89. The van der Waals surface area contributed by atoms with Crippen molar-refractivity contribution < 1.29 is 13.2 Å². The predicted octanol–water partition coefficient (Wildman–Crippen LogP) is 3.37. The van der Waals surface area contributed by atoms with Gasteiger partial charge in [-0.3, -0.25) is 5.10 Å². The first kappa shape index (κ1) is 18.7. The highest BCUT2D eigenvalue weighted by Gasteiger charge is 2.39. The summed E-state index contributed by atoms with van der Waals surface area (Å²) in [5, 5.41) is 6.89. The number of aryl methyl sites for hydroxylation is 2. The summed E-state index contributed by atoms with van der Waals surface area (Å²) in [5.41, 5.74) is 4.07. The number of nitrogens with zero attached hydrogens (tertiary/aromatic N) is 2. The number of methoxy groups -OCH3 is 1. The van der Waals surface area contributed by atoms with Crippen LogP contribution in [0.2, 0.25) is 0 Å². The van der Waals surface area contributed by atoms with Crippen LogP contribution in [-0.2, 0) is 16.4 Å². The van der Waals surface area contributed by atoms with Crippen LogP contribution in [0.1, 0.15) is 34.1 Å². The Labute approximate surface area is 165 Å². The van der Waals surface area contributed by atoms with Crippen molar-refractivity contribution in [1.82, 2.24) is 14.5 Å². The van der Waals surface area contributed by atoms with Crippen molar-refractivity contribution >= 4 is 10.0 Å². The zero-order chi connectivity index (χ0) is 19.9. The number of benzene rings is 2. The lowest BCUT2D eigenvalue weighted by atomic mass is 9.89. The molecule has 1 aliphatic heterocycles. The van der Waals surface area contributed by atoms with Gasteiger partial charge in [-0.15, -0.1) is 0 Å². The van der Waals surface area contributed by atoms with Gasteiger partial charge in [0.1, 0.15) is 10.6 Å². The molecule has 1 atom stereocenters. The van der Waals surface area contributed by atoms with Crippen LogP contribution in [0.3, 0.4) is 0 Å². The molecule has 0 saturated carbocycles. The minimum Gasteiger partial charge on any atom is -0.497 e. The summed E-state index contributed by atoms with van der Waals surface area (Å²) in [6.45, 7) is 3.87. The highest BCUT2D eigenvalue weighted by atomic mass is 32.2. The van der Waals surface area contributed by atoms with Crippen molar-refractivity contribution in [2.75, 3.05) is 13.7 Å². The van der Waals surface area contributed by atoms with E-state index in [0.29, 0.717) is 24.4 Å². The molecule has 1 aliphatic rings. The maximum absolute atomic E-state index is 13.7. The maximum Gasteiger partial charge on any atom is 0.247 e. The molecule has 0 amide bonds. The number of aromatic amines is 1. The van der Waals surface area contributed by atoms with Gasteiger partial charge in [0.25, 0.3) is 0 Å². The van der Waals surface area contributed by atoms with E-state index in [1.54, 1.807) is 25.3 Å². The fourth-order valence-electron chi connectivity index (χ4n) is 3.98. The van der Waals surface area contributed by atoms with E-state index in [1.165, 1.54) is 0 Å². The first-order chi connectivity index (χ1) is 13.4. The Balaban J connectivity index is 1.92. The second-order valence-electron chi connectivity index (χ2n) is 7.01. The van der Waals surface area contributed by atoms with Gasteiger partial charge in [0.2, 0.25) is 10.0 Å². The van der Waals surface area contributed by atoms with Gasteiger partial charge in [0.05, 0.1) is 24.5 Å². The lowest BCUT2D eigenvalue weighted by Gasteiger charge is -2.37. The van der Waals surface area contributed by atoms with Gasteiger partial charge in [-0.2, -0.15) is 9.40 Å². The number of aromatic nitrogens is 2. The fraction of sp³-hybridized carbons (Fsp3) is 0.286. The molecule has 2 aromatic carbocycles. The van der Waals surface area contributed by atoms with Crippen molar-refractivity contribution in [2.24, 2.45) is 0 Å². The molecule has 0 saturated heterocycles. The summed E-state index contributed by atoms with van der Waals surface area (Å²) >= 11 is 0. The molecule has 3 aromatic rings. The molecule has 1 unspecified atom stereocenters. The fourth-order valence-corrected chi connectivity index (χ4v) is 5.91. The zero-order valence-electron chi connectivity index (χ0n) is 16.1. The van der Waals surface area contributed by atoms with Gasteiger partial charge < -0.3 is 4.74 Å². The second kappa shape index (κ2) is 7.07. The van der Waals surface area contributed by atoms with Crippen molar-refractivity contribution in [3.63, 3.8) is 0 Å². The molecule has 28 heavy (non-hydrogen) atoms. The molecule has 2 heterocycles. The van der Waals surface area contributed by atoms with Crippen molar-refractivity contribution in [2.45, 2.75) is 31.2 Å². The van der Waals surface area contributed by atoms with E-state index in [0.717, 1.165) is 22.4 Å². The molecule has 0 radical (unpaired) electrons. The Bertz CT molecular complexity index is 1090. The van der Waals surface area contributed by atoms with E-state index in [1.807, 2.05) is 48.5 Å². The van der Waals surface area contributed by atoms with Gasteiger partial charge >= 0.3 is 0 Å². The van der Waals surface area contributed by atoms with Crippen molar-refractivity contribution in [3.8, 4) is 5.75 Å². The number of ether oxygens (including phenoxy) is 1. The van der Waals surface area contributed by atoms with Gasteiger partial charge in [-0.1, -0.05) is 36.4 Å². The van der Waals surface area contributed by atoms with Crippen LogP contribution in [0.15, 0.2) is 53.4 Å². The minimum atomic E-state index is -3.74. The number of hydrogen-bond donors (Lipinski definition) is 1. The zero-order valence-corrected chi connectivity index (χ0v) is 17.0. The van der Waals surface area contributed by atoms with Gasteiger partial charge in [-0.25, -0.2) is 8.42 Å². The normalized spacial score (nSPS) is 17.3. The maximum atomic E-state index is 13.7. The van der Waals surface area contributed by atoms with Crippen LogP contribution in [0.25, 0.3) is 0 Å². The van der Waals surface area contributed by atoms with Crippen LogP contribution in [0.4, 0.5) is 0 Å². The first-order valence-corrected chi connectivity index (χ1v) is 10.6. The Morgan fingerprint density at radius 3 is 2.54 bits per heavy atom. The molecule has 0 aliphatic carbocycles. The molecule has 6 nitrogen and oxygen atoms in total. The van der Waals surface area contributed by atoms with Crippen LogP contribution >= 0.6 is 0 Å². The van der Waals surface area contributed by atoms with Crippen LogP contribution < -0.4 is 4.74 Å². The number of sulfonamides is 1. The second-order valence-corrected chi connectivity index (χ2v) is 8.83. The number of hydrogen-bond acceptors (Lipinski definition) is 4. The molecule has 1 N–H and O–H groups in total. The molecular weight excluding hydrogens is 374 g/mol. The topological polar surface area (TPSA) is 75.3 Å². The average molecular weight is 398 g/mol. The molecular formula is C21H23N3O3S. The van der Waals surface area contributed by atoms with E-state index in [4.69, 9.17) is 4.74 Å². The molecule has 7 heteroatoms. The van der Waals surface area contributed by atoms with Crippen LogP contribution in [0, 0.1) is 13.8 Å². The van der Waals surface area contributed by atoms with E-state index in [9.17, 15) is 8.42 Å². The Morgan fingerprint density at radius 1 is 1.14 bits per heavy atom. The minimum absolute atomic E-state index is 0.264. The number of fused-ring (bicyclic) bond motifs is 1. The smallest absolute Gasteiger partial charge is 0.247 e. The van der Waals surface area contributed by atoms with Gasteiger partial charge in [0, 0.05) is 6.54 Å².